The highest BCUT2D eigenvalue weighted by molar-refractivity contribution is 5.99. The van der Waals surface area contributed by atoms with Crippen LogP contribution >= 0.6 is 0 Å². The maximum absolute atomic E-state index is 8.90. The summed E-state index contributed by atoms with van der Waals surface area (Å²) in [6.07, 6.45) is 2.96. The van der Waals surface area contributed by atoms with Gasteiger partial charge in [0.05, 0.1) is 0 Å². The SMILES string of the molecule is OCCCCc1cccc2cc3ccccc3cc12. The first-order chi connectivity index (χ1) is 9.38. The van der Waals surface area contributed by atoms with Crippen molar-refractivity contribution in [1.29, 1.82) is 0 Å². The van der Waals surface area contributed by atoms with E-state index in [1.807, 2.05) is 0 Å². The van der Waals surface area contributed by atoms with Crippen molar-refractivity contribution in [2.24, 2.45) is 0 Å². The number of hydrogen-bond donors (Lipinski definition) is 1. The molecule has 96 valence electrons. The van der Waals surface area contributed by atoms with E-state index < -0.39 is 0 Å². The molecule has 0 amide bonds. The number of hydrogen-bond acceptors (Lipinski definition) is 1. The van der Waals surface area contributed by atoms with Crippen molar-refractivity contribution in [3.05, 3.63) is 60.2 Å². The number of aryl methyl sites for hydroxylation is 1. The first-order valence-corrected chi connectivity index (χ1v) is 6.90. The number of aliphatic hydroxyl groups is 1. The molecule has 0 spiro atoms. The van der Waals surface area contributed by atoms with Gasteiger partial charge in [-0.2, -0.15) is 0 Å². The van der Waals surface area contributed by atoms with E-state index in [2.05, 4.69) is 54.6 Å². The molecular weight excluding hydrogens is 232 g/mol. The Hall–Kier alpha value is -1.86. The Kier molecular flexibility index (Phi) is 3.47. The molecule has 0 aliphatic carbocycles. The Morgan fingerprint density at radius 2 is 1.47 bits per heavy atom. The summed E-state index contributed by atoms with van der Waals surface area (Å²) in [5.41, 5.74) is 1.39. The average molecular weight is 250 g/mol. The van der Waals surface area contributed by atoms with Crippen LogP contribution in [0.3, 0.4) is 0 Å². The van der Waals surface area contributed by atoms with Crippen LogP contribution in [0.1, 0.15) is 18.4 Å². The summed E-state index contributed by atoms with van der Waals surface area (Å²) in [4.78, 5) is 0. The van der Waals surface area contributed by atoms with Gasteiger partial charge in [-0.25, -0.2) is 0 Å². The lowest BCUT2D eigenvalue weighted by Gasteiger charge is -2.08. The fourth-order valence-corrected chi connectivity index (χ4v) is 2.68. The molecule has 0 heterocycles. The molecule has 0 saturated heterocycles. The fourth-order valence-electron chi connectivity index (χ4n) is 2.68. The number of benzene rings is 3. The van der Waals surface area contributed by atoms with Gasteiger partial charge in [0.1, 0.15) is 0 Å². The third-order valence-electron chi connectivity index (χ3n) is 3.69. The van der Waals surface area contributed by atoms with Crippen molar-refractivity contribution in [2.45, 2.75) is 19.3 Å². The highest BCUT2D eigenvalue weighted by atomic mass is 16.2. The quantitative estimate of drug-likeness (QED) is 0.540. The van der Waals surface area contributed by atoms with Crippen LogP contribution in [0.2, 0.25) is 0 Å². The molecular formula is C18H18O. The monoisotopic (exact) mass is 250 g/mol. The molecule has 3 aromatic carbocycles. The second-order valence-corrected chi connectivity index (χ2v) is 5.02. The van der Waals surface area contributed by atoms with E-state index in [1.165, 1.54) is 27.1 Å². The highest BCUT2D eigenvalue weighted by Gasteiger charge is 2.03. The van der Waals surface area contributed by atoms with Crippen molar-refractivity contribution in [1.82, 2.24) is 0 Å². The summed E-state index contributed by atoms with van der Waals surface area (Å²) in [5, 5.41) is 14.1. The van der Waals surface area contributed by atoms with E-state index in [1.54, 1.807) is 0 Å². The van der Waals surface area contributed by atoms with Crippen LogP contribution in [-0.2, 0) is 6.42 Å². The Bertz CT molecular complexity index is 700. The zero-order valence-electron chi connectivity index (χ0n) is 11.0. The minimum atomic E-state index is 0.285. The van der Waals surface area contributed by atoms with Crippen LogP contribution in [0.25, 0.3) is 21.5 Å². The predicted molar refractivity (Wildman–Crippen MR) is 81.5 cm³/mol. The van der Waals surface area contributed by atoms with Gasteiger partial charge in [-0.05, 0) is 58.5 Å². The molecule has 19 heavy (non-hydrogen) atoms. The Labute approximate surface area is 113 Å². The summed E-state index contributed by atoms with van der Waals surface area (Å²) >= 11 is 0. The van der Waals surface area contributed by atoms with Crippen molar-refractivity contribution >= 4 is 21.5 Å². The lowest BCUT2D eigenvalue weighted by molar-refractivity contribution is 0.284. The van der Waals surface area contributed by atoms with Crippen molar-refractivity contribution < 1.29 is 5.11 Å². The van der Waals surface area contributed by atoms with E-state index in [-0.39, 0.29) is 6.61 Å². The Morgan fingerprint density at radius 1 is 0.737 bits per heavy atom. The topological polar surface area (TPSA) is 20.2 Å². The molecule has 0 fully saturated rings. The minimum Gasteiger partial charge on any atom is -0.396 e. The third kappa shape index (κ3) is 2.47. The second kappa shape index (κ2) is 5.41. The molecule has 0 aliphatic rings. The van der Waals surface area contributed by atoms with Gasteiger partial charge < -0.3 is 5.11 Å². The first-order valence-electron chi connectivity index (χ1n) is 6.90. The average Bonchev–Trinajstić information content (AvgIpc) is 2.46. The number of rotatable bonds is 4. The minimum absolute atomic E-state index is 0.285. The third-order valence-corrected chi connectivity index (χ3v) is 3.69. The maximum Gasteiger partial charge on any atom is 0.0431 e. The van der Waals surface area contributed by atoms with E-state index in [0.29, 0.717) is 0 Å². The van der Waals surface area contributed by atoms with E-state index >= 15 is 0 Å². The number of unbranched alkanes of at least 4 members (excludes halogenated alkanes) is 1. The van der Waals surface area contributed by atoms with E-state index in [0.717, 1.165) is 19.3 Å². The van der Waals surface area contributed by atoms with Crippen LogP contribution < -0.4 is 0 Å². The van der Waals surface area contributed by atoms with Gasteiger partial charge in [-0.15, -0.1) is 0 Å². The Morgan fingerprint density at radius 3 is 2.26 bits per heavy atom. The van der Waals surface area contributed by atoms with Crippen LogP contribution in [0.5, 0.6) is 0 Å². The standard InChI is InChI=1S/C18H18O/c19-11-4-3-6-14-9-5-10-17-12-15-7-1-2-8-16(15)13-18(14)17/h1-2,5,7-10,12-13,19H,3-4,6,11H2. The van der Waals surface area contributed by atoms with Gasteiger partial charge in [0.15, 0.2) is 0 Å². The molecule has 0 atom stereocenters. The van der Waals surface area contributed by atoms with Crippen LogP contribution in [-0.4, -0.2) is 11.7 Å². The van der Waals surface area contributed by atoms with Crippen LogP contribution in [0.4, 0.5) is 0 Å². The zero-order chi connectivity index (χ0) is 13.1. The molecule has 0 radical (unpaired) electrons. The lowest BCUT2D eigenvalue weighted by Crippen LogP contribution is -1.90. The van der Waals surface area contributed by atoms with Gasteiger partial charge in [0.25, 0.3) is 0 Å². The first kappa shape index (κ1) is 12.2. The maximum atomic E-state index is 8.90. The molecule has 0 saturated carbocycles. The summed E-state index contributed by atoms with van der Waals surface area (Å²) in [5.74, 6) is 0. The number of aliphatic hydroxyl groups excluding tert-OH is 1. The molecule has 1 nitrogen and oxygen atoms in total. The summed E-state index contributed by atoms with van der Waals surface area (Å²) in [6.45, 7) is 0.285. The molecule has 0 aliphatic heterocycles. The molecule has 1 N–H and O–H groups in total. The second-order valence-electron chi connectivity index (χ2n) is 5.02. The highest BCUT2D eigenvalue weighted by Crippen LogP contribution is 2.26. The van der Waals surface area contributed by atoms with Crippen molar-refractivity contribution in [2.75, 3.05) is 6.61 Å². The van der Waals surface area contributed by atoms with Gasteiger partial charge in [0.2, 0.25) is 0 Å². The molecule has 3 aromatic rings. The van der Waals surface area contributed by atoms with Gasteiger partial charge in [-0.1, -0.05) is 42.5 Å². The van der Waals surface area contributed by atoms with Crippen molar-refractivity contribution in [3.63, 3.8) is 0 Å². The summed E-state index contributed by atoms with van der Waals surface area (Å²) in [7, 11) is 0. The fraction of sp³-hybridized carbons (Fsp3) is 0.222. The zero-order valence-corrected chi connectivity index (χ0v) is 11.0. The molecule has 0 unspecified atom stereocenters. The molecule has 0 bridgehead atoms. The molecule has 0 aromatic heterocycles. The van der Waals surface area contributed by atoms with Gasteiger partial charge in [-0.3, -0.25) is 0 Å². The van der Waals surface area contributed by atoms with Gasteiger partial charge >= 0.3 is 0 Å². The van der Waals surface area contributed by atoms with E-state index in [4.69, 9.17) is 5.11 Å². The molecule has 3 rings (SSSR count). The smallest absolute Gasteiger partial charge is 0.0431 e. The van der Waals surface area contributed by atoms with E-state index in [9.17, 15) is 0 Å². The summed E-state index contributed by atoms with van der Waals surface area (Å²) in [6, 6.07) is 19.6. The number of fused-ring (bicyclic) bond motifs is 2. The normalized spacial score (nSPS) is 11.2. The van der Waals surface area contributed by atoms with Crippen molar-refractivity contribution in [3.8, 4) is 0 Å². The predicted octanol–water partition coefficient (Wildman–Crippen LogP) is 4.31. The van der Waals surface area contributed by atoms with Crippen LogP contribution in [0.15, 0.2) is 54.6 Å². The molecule has 1 heteroatoms. The Balaban J connectivity index is 2.09. The lowest BCUT2D eigenvalue weighted by atomic mass is 9.97. The summed E-state index contributed by atoms with van der Waals surface area (Å²) < 4.78 is 0. The van der Waals surface area contributed by atoms with Gasteiger partial charge in [0, 0.05) is 6.61 Å². The largest absolute Gasteiger partial charge is 0.396 e. The van der Waals surface area contributed by atoms with Crippen LogP contribution in [0, 0.1) is 0 Å².